The normalized spacial score (nSPS) is 25.4. The molecule has 2 aliphatic carbocycles. The van der Waals surface area contributed by atoms with Crippen LogP contribution in [0.2, 0.25) is 0 Å². The summed E-state index contributed by atoms with van der Waals surface area (Å²) in [7, 11) is -2.35. The summed E-state index contributed by atoms with van der Waals surface area (Å²) in [6.07, 6.45) is 10.1. The van der Waals surface area contributed by atoms with Crippen LogP contribution in [-0.4, -0.2) is 50.5 Å². The number of methoxy groups -OCH3 is 1. The van der Waals surface area contributed by atoms with Gasteiger partial charge in [0.15, 0.2) is 0 Å². The molecule has 0 bridgehead atoms. The Kier molecular flexibility index (Phi) is 13.0. The monoisotopic (exact) mass is 613 g/mol. The van der Waals surface area contributed by atoms with Crippen molar-refractivity contribution in [2.75, 3.05) is 13.7 Å². The fraction of sp³-hybridized carbons (Fsp3) is 0.559. The third-order valence-electron chi connectivity index (χ3n) is 8.41. The minimum absolute atomic E-state index is 0.00965. The molecule has 3 rings (SSSR count). The van der Waals surface area contributed by atoms with Gasteiger partial charge >= 0.3 is 5.97 Å². The molecule has 1 aromatic rings. The molecule has 1 aromatic carbocycles. The zero-order valence-corrected chi connectivity index (χ0v) is 26.1. The zero-order valence-electron chi connectivity index (χ0n) is 25.3. The van der Waals surface area contributed by atoms with Crippen LogP contribution in [0.15, 0.2) is 53.0 Å². The molecule has 6 atom stereocenters. The van der Waals surface area contributed by atoms with Crippen molar-refractivity contribution in [3.63, 3.8) is 0 Å². The highest BCUT2D eigenvalue weighted by Crippen LogP contribution is 2.59. The lowest BCUT2D eigenvalue weighted by molar-refractivity contribution is -0.140. The average molecular weight is 614 g/mol. The number of allylic oxidation sites excluding steroid dienone is 2. The van der Waals surface area contributed by atoms with Gasteiger partial charge in [0, 0.05) is 37.1 Å². The second-order valence-electron chi connectivity index (χ2n) is 11.6. The Balaban J connectivity index is 1.68. The molecule has 9 heteroatoms. The van der Waals surface area contributed by atoms with Crippen LogP contribution in [-0.2, 0) is 19.6 Å². The molecule has 0 aliphatic heterocycles. The number of esters is 1. The lowest BCUT2D eigenvalue weighted by atomic mass is 9.78. The third-order valence-corrected chi connectivity index (χ3v) is 9.89. The number of carbonyl (C=O) groups is 1. The van der Waals surface area contributed by atoms with E-state index in [1.807, 2.05) is 13.0 Å². The van der Waals surface area contributed by atoms with Crippen LogP contribution < -0.4 is 4.72 Å². The predicted octanol–water partition coefficient (Wildman–Crippen LogP) is 4.90. The third kappa shape index (κ3) is 9.78. The smallest absolute Gasteiger partial charge is 0.305 e. The van der Waals surface area contributed by atoms with Crippen molar-refractivity contribution in [1.82, 2.24) is 4.72 Å². The van der Waals surface area contributed by atoms with Crippen LogP contribution >= 0.6 is 0 Å². The molecule has 2 aliphatic rings. The van der Waals surface area contributed by atoms with Gasteiger partial charge in [0.05, 0.1) is 24.2 Å². The number of carbonyl (C=O) groups excluding carboxylic acids is 1. The van der Waals surface area contributed by atoms with Crippen LogP contribution in [0.25, 0.3) is 0 Å². The fourth-order valence-electron chi connectivity index (χ4n) is 5.99. The number of hydrogen-bond acceptors (Lipinski definition) is 6. The highest BCUT2D eigenvalue weighted by molar-refractivity contribution is 7.89. The molecule has 2 fully saturated rings. The predicted molar refractivity (Wildman–Crippen MR) is 164 cm³/mol. The quantitative estimate of drug-likeness (QED) is 0.126. The number of benzene rings is 1. The van der Waals surface area contributed by atoms with Crippen molar-refractivity contribution < 1.29 is 32.6 Å². The maximum Gasteiger partial charge on any atom is 0.305 e. The van der Waals surface area contributed by atoms with Crippen molar-refractivity contribution in [2.24, 2.45) is 23.2 Å². The summed E-state index contributed by atoms with van der Waals surface area (Å²) in [5, 5.41) is 21.7. The maximum absolute atomic E-state index is 13.1. The molecule has 0 amide bonds. The maximum atomic E-state index is 13.1. The first-order valence-electron chi connectivity index (χ1n) is 15.0. The van der Waals surface area contributed by atoms with Crippen LogP contribution in [0.5, 0.6) is 0 Å². The van der Waals surface area contributed by atoms with E-state index in [0.717, 1.165) is 31.4 Å². The number of fused-ring (bicyclic) bond motifs is 1. The first-order valence-corrected chi connectivity index (χ1v) is 16.4. The molecule has 0 saturated heterocycles. The number of sulfonamides is 1. The highest BCUT2D eigenvalue weighted by Gasteiger charge is 2.55. The van der Waals surface area contributed by atoms with Gasteiger partial charge in [0.1, 0.15) is 5.82 Å². The van der Waals surface area contributed by atoms with Gasteiger partial charge in [-0.25, -0.2) is 17.5 Å². The summed E-state index contributed by atoms with van der Waals surface area (Å²) in [6.45, 7) is 3.92. The topological polar surface area (TPSA) is 113 Å². The van der Waals surface area contributed by atoms with Crippen molar-refractivity contribution >= 4 is 16.0 Å². The molecular formula is C34H44FNO6S. The Bertz CT molecular complexity index is 1380. The Morgan fingerprint density at radius 2 is 2.00 bits per heavy atom. The van der Waals surface area contributed by atoms with E-state index < -0.39 is 33.5 Å². The Morgan fingerprint density at radius 1 is 1.26 bits per heavy atom. The van der Waals surface area contributed by atoms with E-state index in [1.165, 1.54) is 24.8 Å². The number of aliphatic hydroxyl groups excluding tert-OH is 2. The second kappa shape index (κ2) is 16.2. The molecule has 3 N–H and O–H groups in total. The molecule has 2 saturated carbocycles. The van der Waals surface area contributed by atoms with Crippen molar-refractivity contribution in [3.05, 3.63) is 53.9 Å². The lowest BCUT2D eigenvalue weighted by Crippen LogP contribution is -2.24. The van der Waals surface area contributed by atoms with E-state index in [0.29, 0.717) is 38.5 Å². The van der Waals surface area contributed by atoms with E-state index >= 15 is 0 Å². The molecule has 43 heavy (non-hydrogen) atoms. The largest absolute Gasteiger partial charge is 0.469 e. The number of halogens is 1. The van der Waals surface area contributed by atoms with Crippen molar-refractivity contribution in [2.45, 2.75) is 88.7 Å². The standard InChI is InChI=1S/C34H44FNO6S/c1-4-5-11-25(2)31(37)19-18-29-30-22-26(12-7-8-13-33(39)42-3)23-34(30,24-32(29)38)20-9-6-10-21-36-43(40,41)28-16-14-27(35)15-17-28/h12,14-19,25,29-32,36-38H,6-8,10-11,13,21-24H2,1-3H3/b19-18+,26-12+/t25?,29-,30-,31-,32-,34+/m1/s1. The molecule has 7 nitrogen and oxygen atoms in total. The summed E-state index contributed by atoms with van der Waals surface area (Å²) in [5.74, 6) is 11.8. The van der Waals surface area contributed by atoms with Gasteiger partial charge in [-0.3, -0.25) is 4.79 Å². The fourth-order valence-corrected chi connectivity index (χ4v) is 7.06. The Morgan fingerprint density at radius 3 is 2.70 bits per heavy atom. The summed E-state index contributed by atoms with van der Waals surface area (Å²) in [6, 6.07) is 4.68. The highest BCUT2D eigenvalue weighted by atomic mass is 32.2. The van der Waals surface area contributed by atoms with Crippen LogP contribution in [0, 0.1) is 52.7 Å². The van der Waals surface area contributed by atoms with E-state index in [1.54, 1.807) is 13.0 Å². The molecule has 0 spiro atoms. The van der Waals surface area contributed by atoms with Crippen LogP contribution in [0.3, 0.4) is 0 Å². The SMILES string of the molecule is CC#CCC(C)[C@H](O)/C=C/[C@H]1[C@H](O)C[C@]2(C#CCCCNS(=O)(=O)c3ccc(F)cc3)C/C(=C/CCCC(=O)OC)C[C@H]12. The molecular weight excluding hydrogens is 569 g/mol. The van der Waals surface area contributed by atoms with E-state index in [2.05, 4.69) is 34.5 Å². The molecule has 0 aromatic heterocycles. The van der Waals surface area contributed by atoms with Gasteiger partial charge in [-0.05, 0) is 81.5 Å². The van der Waals surface area contributed by atoms with Gasteiger partial charge in [-0.2, -0.15) is 0 Å². The van der Waals surface area contributed by atoms with E-state index in [9.17, 15) is 27.8 Å². The van der Waals surface area contributed by atoms with Crippen LogP contribution in [0.1, 0.15) is 71.6 Å². The lowest BCUT2D eigenvalue weighted by Gasteiger charge is -2.24. The van der Waals surface area contributed by atoms with Gasteiger partial charge in [-0.1, -0.05) is 36.6 Å². The first kappa shape index (κ1) is 34.5. The first-order chi connectivity index (χ1) is 20.5. The molecule has 0 heterocycles. The molecule has 0 radical (unpaired) electrons. The van der Waals surface area contributed by atoms with Crippen molar-refractivity contribution in [3.8, 4) is 23.7 Å². The van der Waals surface area contributed by atoms with Gasteiger partial charge in [0.25, 0.3) is 0 Å². The number of ether oxygens (including phenoxy) is 1. The number of rotatable bonds is 13. The number of aliphatic hydroxyl groups is 2. The molecule has 1 unspecified atom stereocenters. The van der Waals surface area contributed by atoms with Gasteiger partial charge in [-0.15, -0.1) is 17.8 Å². The summed E-state index contributed by atoms with van der Waals surface area (Å²) in [5.41, 5.74) is 0.842. The minimum atomic E-state index is -3.73. The number of unbranched alkanes of at least 4 members (excludes halogenated alkanes) is 2. The number of hydrogen-bond donors (Lipinski definition) is 3. The minimum Gasteiger partial charge on any atom is -0.469 e. The molecule has 234 valence electrons. The summed E-state index contributed by atoms with van der Waals surface area (Å²) >= 11 is 0. The van der Waals surface area contributed by atoms with E-state index in [-0.39, 0.29) is 35.2 Å². The van der Waals surface area contributed by atoms with Gasteiger partial charge < -0.3 is 14.9 Å². The van der Waals surface area contributed by atoms with E-state index in [4.69, 9.17) is 4.74 Å². The number of nitrogens with one attached hydrogen (secondary N) is 1. The summed E-state index contributed by atoms with van der Waals surface area (Å²) < 4.78 is 45.3. The average Bonchev–Trinajstić information content (AvgIpc) is 3.45. The Hall–Kier alpha value is -2.95. The van der Waals surface area contributed by atoms with Crippen LogP contribution in [0.4, 0.5) is 4.39 Å². The second-order valence-corrected chi connectivity index (χ2v) is 13.3. The Labute approximate surface area is 256 Å². The van der Waals surface area contributed by atoms with Crippen molar-refractivity contribution in [1.29, 1.82) is 0 Å². The van der Waals surface area contributed by atoms with Gasteiger partial charge in [0.2, 0.25) is 10.0 Å². The zero-order chi connectivity index (χ0) is 31.5. The summed E-state index contributed by atoms with van der Waals surface area (Å²) in [4.78, 5) is 11.5.